The lowest BCUT2D eigenvalue weighted by Gasteiger charge is -2.59. The fraction of sp³-hybridized carbons (Fsp3) is 0.556. The Labute approximate surface area is 196 Å². The molecule has 0 amide bonds. The van der Waals surface area contributed by atoms with E-state index in [0.29, 0.717) is 6.61 Å². The van der Waals surface area contributed by atoms with E-state index in [4.69, 9.17) is 9.47 Å². The van der Waals surface area contributed by atoms with Crippen LogP contribution in [0.3, 0.4) is 0 Å². The van der Waals surface area contributed by atoms with Gasteiger partial charge >= 0.3 is 0 Å². The van der Waals surface area contributed by atoms with E-state index in [1.165, 1.54) is 5.06 Å². The Bertz CT molecular complexity index is 1060. The third-order valence-electron chi connectivity index (χ3n) is 6.67. The predicted octanol–water partition coefficient (Wildman–Crippen LogP) is 6.01. The maximum atomic E-state index is 12.5. The minimum absolute atomic E-state index is 0.155. The van der Waals surface area contributed by atoms with Gasteiger partial charge in [0.1, 0.15) is 0 Å². The lowest BCUT2D eigenvalue weighted by atomic mass is 9.80. The molecule has 0 aliphatic carbocycles. The van der Waals surface area contributed by atoms with Gasteiger partial charge in [0.2, 0.25) is 0 Å². The SMILES string of the molecule is CC1(C)CC(OCCCCCOCc2ccnc3c2ccc2cccnc23)CC(C)(C)N1[O-]. The largest absolute Gasteiger partial charge is 0.784 e. The zero-order valence-corrected chi connectivity index (χ0v) is 20.3. The van der Waals surface area contributed by atoms with Crippen molar-refractivity contribution in [3.05, 3.63) is 53.5 Å². The number of unbranched alkanes of at least 4 members (excludes halogenated alkanes) is 2. The molecule has 0 saturated carbocycles. The van der Waals surface area contributed by atoms with Gasteiger partial charge in [0.25, 0.3) is 0 Å². The molecule has 178 valence electrons. The number of rotatable bonds is 9. The van der Waals surface area contributed by atoms with Crippen molar-refractivity contribution in [2.24, 2.45) is 0 Å². The summed E-state index contributed by atoms with van der Waals surface area (Å²) < 4.78 is 12.1. The first-order valence-electron chi connectivity index (χ1n) is 12.1. The number of hydrogen-bond donors (Lipinski definition) is 0. The summed E-state index contributed by atoms with van der Waals surface area (Å²) in [6, 6.07) is 10.2. The van der Waals surface area contributed by atoms with Gasteiger partial charge in [-0.1, -0.05) is 18.2 Å². The summed E-state index contributed by atoms with van der Waals surface area (Å²) in [6.07, 6.45) is 8.46. The zero-order chi connectivity index (χ0) is 23.5. The summed E-state index contributed by atoms with van der Waals surface area (Å²) in [6.45, 7) is 10.1. The van der Waals surface area contributed by atoms with Crippen LogP contribution >= 0.6 is 0 Å². The second-order valence-electron chi connectivity index (χ2n) is 10.4. The van der Waals surface area contributed by atoms with Gasteiger partial charge in [0.05, 0.1) is 23.7 Å². The second kappa shape index (κ2) is 10.0. The molecule has 0 spiro atoms. The third-order valence-corrected chi connectivity index (χ3v) is 6.67. The van der Waals surface area contributed by atoms with E-state index < -0.39 is 0 Å². The standard InChI is InChI=1S/C27H36N3O3/c1-26(2)17-22(18-27(3,4)30(26)31)33-16-7-5-6-15-32-19-21-12-14-29-25-23(21)11-10-20-9-8-13-28-24(20)25/h8-14,22H,5-7,15-19H2,1-4H3/q-1. The minimum Gasteiger partial charge on any atom is -0.784 e. The van der Waals surface area contributed by atoms with Crippen molar-refractivity contribution in [2.75, 3.05) is 13.2 Å². The number of fused-ring (bicyclic) bond motifs is 3. The molecule has 1 saturated heterocycles. The van der Waals surface area contributed by atoms with Gasteiger partial charge < -0.3 is 19.7 Å². The molecule has 33 heavy (non-hydrogen) atoms. The van der Waals surface area contributed by atoms with Crippen LogP contribution in [0.1, 0.15) is 65.4 Å². The van der Waals surface area contributed by atoms with Gasteiger partial charge in [-0.3, -0.25) is 9.97 Å². The minimum atomic E-state index is -0.375. The van der Waals surface area contributed by atoms with Gasteiger partial charge in [0.15, 0.2) is 0 Å². The third kappa shape index (κ3) is 5.52. The maximum absolute atomic E-state index is 12.5. The zero-order valence-electron chi connectivity index (χ0n) is 20.3. The van der Waals surface area contributed by atoms with Crippen LogP contribution in [-0.4, -0.2) is 45.4 Å². The van der Waals surface area contributed by atoms with Crippen molar-refractivity contribution in [2.45, 2.75) is 83.6 Å². The first kappa shape index (κ1) is 24.0. The molecule has 0 radical (unpaired) electrons. The molecular weight excluding hydrogens is 414 g/mol. The molecule has 0 atom stereocenters. The number of aromatic nitrogens is 2. The van der Waals surface area contributed by atoms with Gasteiger partial charge in [0, 0.05) is 47.5 Å². The number of piperidine rings is 1. The molecule has 1 aromatic carbocycles. The lowest BCUT2D eigenvalue weighted by molar-refractivity contribution is -0.0814. The molecule has 6 heteroatoms. The number of benzene rings is 1. The molecule has 0 N–H and O–H groups in total. The van der Waals surface area contributed by atoms with Gasteiger partial charge in [-0.05, 0) is 77.5 Å². The maximum Gasteiger partial charge on any atom is 0.0968 e. The molecule has 4 rings (SSSR count). The van der Waals surface area contributed by atoms with Crippen LogP contribution in [0.4, 0.5) is 0 Å². The summed E-state index contributed by atoms with van der Waals surface area (Å²) >= 11 is 0. The van der Waals surface area contributed by atoms with Crippen LogP contribution in [0.5, 0.6) is 0 Å². The van der Waals surface area contributed by atoms with E-state index in [9.17, 15) is 5.21 Å². The van der Waals surface area contributed by atoms with Crippen LogP contribution in [0.2, 0.25) is 0 Å². The highest BCUT2D eigenvalue weighted by Crippen LogP contribution is 2.38. The van der Waals surface area contributed by atoms with Gasteiger partial charge in [-0.15, -0.1) is 0 Å². The van der Waals surface area contributed by atoms with Crippen LogP contribution < -0.4 is 0 Å². The summed E-state index contributed by atoms with van der Waals surface area (Å²) in [5, 5.41) is 15.9. The molecule has 1 aliphatic heterocycles. The van der Waals surface area contributed by atoms with E-state index in [2.05, 4.69) is 28.2 Å². The fourth-order valence-electron chi connectivity index (χ4n) is 5.14. The predicted molar refractivity (Wildman–Crippen MR) is 133 cm³/mol. The monoisotopic (exact) mass is 450 g/mol. The fourth-order valence-corrected chi connectivity index (χ4v) is 5.14. The Hall–Kier alpha value is -2.12. The van der Waals surface area contributed by atoms with E-state index in [1.807, 2.05) is 52.2 Å². The number of pyridine rings is 2. The van der Waals surface area contributed by atoms with Crippen LogP contribution in [0.15, 0.2) is 42.7 Å². The Morgan fingerprint density at radius 1 is 0.909 bits per heavy atom. The van der Waals surface area contributed by atoms with Crippen molar-refractivity contribution < 1.29 is 9.47 Å². The molecule has 2 aromatic heterocycles. The van der Waals surface area contributed by atoms with Crippen molar-refractivity contribution >= 4 is 21.8 Å². The summed E-state index contributed by atoms with van der Waals surface area (Å²) in [4.78, 5) is 9.07. The number of ether oxygens (including phenoxy) is 2. The van der Waals surface area contributed by atoms with E-state index in [1.54, 1.807) is 0 Å². The smallest absolute Gasteiger partial charge is 0.0968 e. The summed E-state index contributed by atoms with van der Waals surface area (Å²) in [7, 11) is 0. The molecule has 1 fully saturated rings. The number of hydrogen-bond acceptors (Lipinski definition) is 6. The van der Waals surface area contributed by atoms with E-state index in [-0.39, 0.29) is 17.2 Å². The normalized spacial score (nSPS) is 18.8. The summed E-state index contributed by atoms with van der Waals surface area (Å²) in [5.41, 5.74) is 2.26. The van der Waals surface area contributed by atoms with Gasteiger partial charge in [-0.2, -0.15) is 0 Å². The molecule has 6 nitrogen and oxygen atoms in total. The van der Waals surface area contributed by atoms with Gasteiger partial charge in [-0.25, -0.2) is 0 Å². The summed E-state index contributed by atoms with van der Waals surface area (Å²) in [5.74, 6) is 0. The van der Waals surface area contributed by atoms with Crippen molar-refractivity contribution in [1.82, 2.24) is 15.0 Å². The topological polar surface area (TPSA) is 70.5 Å². The molecule has 3 aromatic rings. The molecule has 3 heterocycles. The highest BCUT2D eigenvalue weighted by atomic mass is 16.5. The molecule has 0 unspecified atom stereocenters. The van der Waals surface area contributed by atoms with Crippen molar-refractivity contribution in [3.63, 3.8) is 0 Å². The Morgan fingerprint density at radius 3 is 2.42 bits per heavy atom. The Balaban J connectivity index is 1.18. The van der Waals surface area contributed by atoms with Crippen molar-refractivity contribution in [3.8, 4) is 0 Å². The van der Waals surface area contributed by atoms with E-state index >= 15 is 0 Å². The Morgan fingerprint density at radius 2 is 1.64 bits per heavy atom. The quantitative estimate of drug-likeness (QED) is 0.294. The molecule has 0 bridgehead atoms. The second-order valence-corrected chi connectivity index (χ2v) is 10.4. The average Bonchev–Trinajstić information content (AvgIpc) is 2.78. The van der Waals surface area contributed by atoms with Crippen LogP contribution in [0, 0.1) is 5.21 Å². The number of hydroxylamine groups is 2. The highest BCUT2D eigenvalue weighted by Gasteiger charge is 2.40. The first-order chi connectivity index (χ1) is 15.8. The number of nitrogens with zero attached hydrogens (tertiary/aromatic N) is 3. The molecular formula is C27H36N3O3-. The molecule has 1 aliphatic rings. The van der Waals surface area contributed by atoms with E-state index in [0.717, 1.165) is 72.7 Å². The first-order valence-corrected chi connectivity index (χ1v) is 12.1. The average molecular weight is 451 g/mol. The van der Waals surface area contributed by atoms with Crippen molar-refractivity contribution in [1.29, 1.82) is 0 Å². The van der Waals surface area contributed by atoms with Crippen LogP contribution in [0.25, 0.3) is 21.8 Å². The Kier molecular flexibility index (Phi) is 7.29. The van der Waals surface area contributed by atoms with Crippen LogP contribution in [-0.2, 0) is 16.1 Å². The highest BCUT2D eigenvalue weighted by molar-refractivity contribution is 6.03. The lowest BCUT2D eigenvalue weighted by Crippen LogP contribution is -2.59.